The van der Waals surface area contributed by atoms with Crippen molar-refractivity contribution in [1.82, 2.24) is 9.78 Å². The van der Waals surface area contributed by atoms with Gasteiger partial charge in [-0.3, -0.25) is 10.00 Å². The molecule has 2 amide bonds. The van der Waals surface area contributed by atoms with Crippen molar-refractivity contribution in [3.05, 3.63) is 87.5 Å². The Hall–Kier alpha value is -2.73. The maximum Gasteiger partial charge on any atom is 0.324 e. The first-order valence-electron chi connectivity index (χ1n) is 8.72. The van der Waals surface area contributed by atoms with E-state index in [1.807, 2.05) is 48.5 Å². The first-order chi connectivity index (χ1) is 14.0. The molecule has 0 bridgehead atoms. The van der Waals surface area contributed by atoms with Crippen LogP contribution in [0.5, 0.6) is 0 Å². The molecule has 3 aromatic carbocycles. The number of rotatable bonds is 4. The SMILES string of the molecule is O=C(Nc1nn(Cc2ccc(Cl)c(Cl)c2)cc1Cl)Nc1cccc2ccccc12. The molecular formula is C21H15Cl3N4O. The standard InChI is InChI=1S/C21H15Cl3N4O/c22-16-9-8-13(10-17(16)23)11-28-12-18(24)20(27-28)26-21(29)25-19-7-3-5-14-4-1-2-6-15(14)19/h1-10,12H,11H2,(H2,25,26,27,29). The second kappa shape index (κ2) is 8.33. The summed E-state index contributed by atoms with van der Waals surface area (Å²) in [5.41, 5.74) is 1.61. The highest BCUT2D eigenvalue weighted by molar-refractivity contribution is 6.42. The Balaban J connectivity index is 1.48. The summed E-state index contributed by atoms with van der Waals surface area (Å²) >= 11 is 18.2. The molecule has 0 atom stereocenters. The van der Waals surface area contributed by atoms with E-state index in [4.69, 9.17) is 34.8 Å². The maximum absolute atomic E-state index is 12.5. The van der Waals surface area contributed by atoms with Crippen LogP contribution in [-0.4, -0.2) is 15.8 Å². The fourth-order valence-electron chi connectivity index (χ4n) is 2.98. The topological polar surface area (TPSA) is 59.0 Å². The molecule has 0 aliphatic heterocycles. The second-order valence-corrected chi connectivity index (χ2v) is 7.60. The minimum absolute atomic E-state index is 0.268. The lowest BCUT2D eigenvalue weighted by Gasteiger charge is -2.09. The van der Waals surface area contributed by atoms with Crippen molar-refractivity contribution in [2.24, 2.45) is 0 Å². The van der Waals surface area contributed by atoms with Crippen LogP contribution in [0, 0.1) is 0 Å². The largest absolute Gasteiger partial charge is 0.324 e. The van der Waals surface area contributed by atoms with E-state index in [0.717, 1.165) is 16.3 Å². The molecule has 146 valence electrons. The Bertz CT molecular complexity index is 1200. The van der Waals surface area contributed by atoms with Crippen LogP contribution < -0.4 is 10.6 Å². The third-order valence-corrected chi connectivity index (χ3v) is 5.33. The Labute approximate surface area is 182 Å². The molecule has 29 heavy (non-hydrogen) atoms. The van der Waals surface area contributed by atoms with E-state index >= 15 is 0 Å². The lowest BCUT2D eigenvalue weighted by Crippen LogP contribution is -2.20. The molecule has 5 nitrogen and oxygen atoms in total. The summed E-state index contributed by atoms with van der Waals surface area (Å²) in [6, 6.07) is 18.4. The van der Waals surface area contributed by atoms with Gasteiger partial charge in [0.25, 0.3) is 0 Å². The highest BCUT2D eigenvalue weighted by atomic mass is 35.5. The number of anilines is 2. The van der Waals surface area contributed by atoms with Crippen LogP contribution in [0.4, 0.5) is 16.3 Å². The van der Waals surface area contributed by atoms with Crippen molar-refractivity contribution in [3.63, 3.8) is 0 Å². The number of hydrogen-bond donors (Lipinski definition) is 2. The summed E-state index contributed by atoms with van der Waals surface area (Å²) in [4.78, 5) is 12.5. The van der Waals surface area contributed by atoms with E-state index in [-0.39, 0.29) is 5.82 Å². The predicted octanol–water partition coefficient (Wildman–Crippen LogP) is 6.69. The second-order valence-electron chi connectivity index (χ2n) is 6.38. The van der Waals surface area contributed by atoms with Crippen LogP contribution in [0.25, 0.3) is 10.8 Å². The highest BCUT2D eigenvalue weighted by Crippen LogP contribution is 2.26. The molecule has 0 saturated carbocycles. The van der Waals surface area contributed by atoms with Crippen LogP contribution in [0.2, 0.25) is 15.1 Å². The summed E-state index contributed by atoms with van der Waals surface area (Å²) in [7, 11) is 0. The Morgan fingerprint density at radius 2 is 1.69 bits per heavy atom. The number of fused-ring (bicyclic) bond motifs is 1. The summed E-state index contributed by atoms with van der Waals surface area (Å²) in [5, 5.41) is 13.1. The zero-order valence-corrected chi connectivity index (χ0v) is 17.3. The number of benzene rings is 3. The fourth-order valence-corrected chi connectivity index (χ4v) is 3.50. The molecule has 1 heterocycles. The van der Waals surface area contributed by atoms with Crippen molar-refractivity contribution in [2.45, 2.75) is 6.54 Å². The summed E-state index contributed by atoms with van der Waals surface area (Å²) in [6.45, 7) is 0.434. The van der Waals surface area contributed by atoms with Gasteiger partial charge in [-0.15, -0.1) is 0 Å². The zero-order chi connectivity index (χ0) is 20.4. The summed E-state index contributed by atoms with van der Waals surface area (Å²) in [5.74, 6) is 0.268. The van der Waals surface area contributed by atoms with Gasteiger partial charge < -0.3 is 5.32 Å². The number of nitrogens with zero attached hydrogens (tertiary/aromatic N) is 2. The van der Waals surface area contributed by atoms with Gasteiger partial charge in [-0.05, 0) is 29.1 Å². The van der Waals surface area contributed by atoms with Crippen molar-refractivity contribution < 1.29 is 4.79 Å². The van der Waals surface area contributed by atoms with Gasteiger partial charge in [0.1, 0.15) is 5.02 Å². The number of hydrogen-bond acceptors (Lipinski definition) is 2. The molecule has 0 aliphatic rings. The van der Waals surface area contributed by atoms with E-state index in [9.17, 15) is 4.79 Å². The van der Waals surface area contributed by atoms with Crippen LogP contribution in [-0.2, 0) is 6.54 Å². The minimum atomic E-state index is -0.428. The molecule has 4 rings (SSSR count). The Kier molecular flexibility index (Phi) is 5.62. The van der Waals surface area contributed by atoms with Gasteiger partial charge >= 0.3 is 6.03 Å². The van der Waals surface area contributed by atoms with Crippen LogP contribution in [0.1, 0.15) is 5.56 Å². The lowest BCUT2D eigenvalue weighted by atomic mass is 10.1. The Morgan fingerprint density at radius 1 is 0.897 bits per heavy atom. The number of carbonyl (C=O) groups is 1. The number of halogens is 3. The molecule has 0 fully saturated rings. The molecule has 4 aromatic rings. The molecule has 0 aliphatic carbocycles. The Morgan fingerprint density at radius 3 is 2.52 bits per heavy atom. The fraction of sp³-hybridized carbons (Fsp3) is 0.0476. The highest BCUT2D eigenvalue weighted by Gasteiger charge is 2.12. The maximum atomic E-state index is 12.5. The molecule has 1 aromatic heterocycles. The van der Waals surface area contributed by atoms with E-state index < -0.39 is 6.03 Å². The van der Waals surface area contributed by atoms with Gasteiger partial charge in [-0.1, -0.05) is 77.3 Å². The van der Waals surface area contributed by atoms with Crippen LogP contribution >= 0.6 is 34.8 Å². The number of urea groups is 1. The van der Waals surface area contributed by atoms with Gasteiger partial charge in [0.05, 0.1) is 22.3 Å². The van der Waals surface area contributed by atoms with E-state index in [0.29, 0.717) is 27.3 Å². The third kappa shape index (κ3) is 4.48. The van der Waals surface area contributed by atoms with Crippen molar-refractivity contribution in [2.75, 3.05) is 10.6 Å². The van der Waals surface area contributed by atoms with E-state index in [1.54, 1.807) is 23.0 Å². The molecule has 0 saturated heterocycles. The zero-order valence-electron chi connectivity index (χ0n) is 15.0. The van der Waals surface area contributed by atoms with Gasteiger partial charge in [0, 0.05) is 11.6 Å². The molecule has 0 unspecified atom stereocenters. The molecule has 0 radical (unpaired) electrons. The molecule has 2 N–H and O–H groups in total. The lowest BCUT2D eigenvalue weighted by molar-refractivity contribution is 0.262. The molecule has 8 heteroatoms. The van der Waals surface area contributed by atoms with E-state index in [2.05, 4.69) is 15.7 Å². The molecular weight excluding hydrogens is 431 g/mol. The smallest absolute Gasteiger partial charge is 0.307 e. The summed E-state index contributed by atoms with van der Waals surface area (Å²) in [6.07, 6.45) is 1.64. The average Bonchev–Trinajstić information content (AvgIpc) is 3.03. The third-order valence-electron chi connectivity index (χ3n) is 4.32. The number of nitrogens with one attached hydrogen (secondary N) is 2. The van der Waals surface area contributed by atoms with Crippen LogP contribution in [0.3, 0.4) is 0 Å². The van der Waals surface area contributed by atoms with Gasteiger partial charge in [0.2, 0.25) is 0 Å². The van der Waals surface area contributed by atoms with Crippen LogP contribution in [0.15, 0.2) is 66.9 Å². The van der Waals surface area contributed by atoms with E-state index in [1.165, 1.54) is 0 Å². The first kappa shape index (κ1) is 19.6. The minimum Gasteiger partial charge on any atom is -0.307 e. The first-order valence-corrected chi connectivity index (χ1v) is 9.85. The van der Waals surface area contributed by atoms with Gasteiger partial charge in [-0.25, -0.2) is 4.79 Å². The summed E-state index contributed by atoms with van der Waals surface area (Å²) < 4.78 is 1.62. The molecule has 0 spiro atoms. The average molecular weight is 446 g/mol. The predicted molar refractivity (Wildman–Crippen MR) is 119 cm³/mol. The van der Waals surface area contributed by atoms with Crippen molar-refractivity contribution in [1.29, 1.82) is 0 Å². The number of amides is 2. The number of aromatic nitrogens is 2. The van der Waals surface area contributed by atoms with Crippen molar-refractivity contribution >= 4 is 63.1 Å². The monoisotopic (exact) mass is 444 g/mol. The number of carbonyl (C=O) groups excluding carboxylic acids is 1. The van der Waals surface area contributed by atoms with Gasteiger partial charge in [0.15, 0.2) is 5.82 Å². The normalized spacial score (nSPS) is 10.9. The van der Waals surface area contributed by atoms with Gasteiger partial charge in [-0.2, -0.15) is 5.10 Å². The van der Waals surface area contributed by atoms with Crippen molar-refractivity contribution in [3.8, 4) is 0 Å². The quantitative estimate of drug-likeness (QED) is 0.368.